The van der Waals surface area contributed by atoms with E-state index in [-0.39, 0.29) is 11.5 Å². The lowest BCUT2D eigenvalue weighted by Gasteiger charge is -2.19. The first-order valence-electron chi connectivity index (χ1n) is 6.27. The van der Waals surface area contributed by atoms with E-state index in [0.717, 1.165) is 0 Å². The van der Waals surface area contributed by atoms with Crippen molar-refractivity contribution in [3.05, 3.63) is 40.4 Å². The molecule has 0 saturated heterocycles. The number of nitrogens with zero attached hydrogens (tertiary/aromatic N) is 2. The lowest BCUT2D eigenvalue weighted by molar-refractivity contribution is -0.142. The molecule has 104 valence electrons. The van der Waals surface area contributed by atoms with Crippen molar-refractivity contribution in [1.29, 1.82) is 0 Å². The topological polar surface area (TPSA) is 61.2 Å². The first kappa shape index (κ1) is 13.2. The Morgan fingerprint density at radius 1 is 1.40 bits per heavy atom. The molecule has 6 heteroatoms. The summed E-state index contributed by atoms with van der Waals surface area (Å²) in [6.07, 6.45) is 0. The Bertz CT molecular complexity index is 767. The SMILES string of the molecule is CC(=O)O[C@@H]1SC(C)(C)n2c1nc1ccccc1c2=O. The number of para-hydroxylation sites is 1. The van der Waals surface area contributed by atoms with Gasteiger partial charge in [-0.25, -0.2) is 4.98 Å². The lowest BCUT2D eigenvalue weighted by Crippen LogP contribution is -2.32. The van der Waals surface area contributed by atoms with Gasteiger partial charge in [0.1, 0.15) is 0 Å². The second-order valence-electron chi connectivity index (χ2n) is 5.13. The Balaban J connectivity index is 2.30. The molecule has 1 aliphatic rings. The molecular formula is C14H14N2O3S. The van der Waals surface area contributed by atoms with Gasteiger partial charge in [0.15, 0.2) is 5.82 Å². The number of fused-ring (bicyclic) bond motifs is 2. The van der Waals surface area contributed by atoms with Crippen LogP contribution in [-0.4, -0.2) is 15.5 Å². The van der Waals surface area contributed by atoms with Gasteiger partial charge in [-0.15, -0.1) is 0 Å². The number of carbonyl (C=O) groups is 1. The van der Waals surface area contributed by atoms with E-state index in [9.17, 15) is 9.59 Å². The summed E-state index contributed by atoms with van der Waals surface area (Å²) in [5.41, 5.74) is -0.0169. The zero-order chi connectivity index (χ0) is 14.5. The number of rotatable bonds is 1. The average molecular weight is 290 g/mol. The van der Waals surface area contributed by atoms with Crippen LogP contribution in [0, 0.1) is 0 Å². The molecule has 0 unspecified atom stereocenters. The Kier molecular flexibility index (Phi) is 2.86. The predicted octanol–water partition coefficient (Wildman–Crippen LogP) is 2.40. The Morgan fingerprint density at radius 3 is 2.80 bits per heavy atom. The molecule has 2 aromatic rings. The number of esters is 1. The third kappa shape index (κ3) is 1.91. The highest BCUT2D eigenvalue weighted by atomic mass is 32.2. The molecule has 1 aromatic carbocycles. The van der Waals surface area contributed by atoms with Gasteiger partial charge < -0.3 is 4.74 Å². The Morgan fingerprint density at radius 2 is 2.10 bits per heavy atom. The molecule has 1 atom stereocenters. The van der Waals surface area contributed by atoms with Gasteiger partial charge in [0.2, 0.25) is 5.44 Å². The quantitative estimate of drug-likeness (QED) is 0.755. The molecule has 2 heterocycles. The summed E-state index contributed by atoms with van der Waals surface area (Å²) < 4.78 is 6.90. The molecule has 0 amide bonds. The maximum absolute atomic E-state index is 12.6. The molecule has 20 heavy (non-hydrogen) atoms. The molecular weight excluding hydrogens is 276 g/mol. The van der Waals surface area contributed by atoms with Crippen LogP contribution in [0.25, 0.3) is 10.9 Å². The van der Waals surface area contributed by atoms with Crippen molar-refractivity contribution in [3.63, 3.8) is 0 Å². The number of ether oxygens (including phenoxy) is 1. The Labute approximate surface area is 120 Å². The largest absolute Gasteiger partial charge is 0.443 e. The van der Waals surface area contributed by atoms with Gasteiger partial charge >= 0.3 is 5.97 Å². The van der Waals surface area contributed by atoms with Crippen LogP contribution in [0.2, 0.25) is 0 Å². The number of hydrogen-bond donors (Lipinski definition) is 0. The van der Waals surface area contributed by atoms with Crippen LogP contribution < -0.4 is 5.56 Å². The zero-order valence-electron chi connectivity index (χ0n) is 11.4. The highest BCUT2D eigenvalue weighted by Gasteiger charge is 2.41. The second-order valence-corrected chi connectivity index (χ2v) is 6.80. The minimum atomic E-state index is -0.542. The third-order valence-corrected chi connectivity index (χ3v) is 4.50. The number of thioether (sulfide) groups is 1. The smallest absolute Gasteiger partial charge is 0.304 e. The zero-order valence-corrected chi connectivity index (χ0v) is 12.2. The van der Waals surface area contributed by atoms with Crippen molar-refractivity contribution in [3.8, 4) is 0 Å². The molecule has 0 radical (unpaired) electrons. The second kappa shape index (κ2) is 4.34. The highest BCUT2D eigenvalue weighted by Crippen LogP contribution is 2.48. The van der Waals surface area contributed by atoms with E-state index in [1.807, 2.05) is 26.0 Å². The maximum Gasteiger partial charge on any atom is 0.304 e. The molecule has 0 fully saturated rings. The van der Waals surface area contributed by atoms with Gasteiger partial charge in [0.05, 0.1) is 15.8 Å². The summed E-state index contributed by atoms with van der Waals surface area (Å²) >= 11 is 1.41. The average Bonchev–Trinajstić information content (AvgIpc) is 2.60. The maximum atomic E-state index is 12.6. The van der Waals surface area contributed by atoms with E-state index in [0.29, 0.717) is 16.7 Å². The van der Waals surface area contributed by atoms with E-state index in [1.54, 1.807) is 16.7 Å². The van der Waals surface area contributed by atoms with Crippen LogP contribution in [0.1, 0.15) is 32.0 Å². The fourth-order valence-electron chi connectivity index (χ4n) is 2.42. The predicted molar refractivity (Wildman–Crippen MR) is 77.4 cm³/mol. The number of aromatic nitrogens is 2. The number of hydrogen-bond acceptors (Lipinski definition) is 5. The third-order valence-electron chi connectivity index (χ3n) is 3.22. The first-order chi connectivity index (χ1) is 9.40. The van der Waals surface area contributed by atoms with Crippen molar-refractivity contribution >= 4 is 28.6 Å². The molecule has 3 rings (SSSR count). The minimum absolute atomic E-state index is 0.0993. The number of carbonyl (C=O) groups excluding carboxylic acids is 1. The lowest BCUT2D eigenvalue weighted by atomic mass is 10.2. The summed E-state index contributed by atoms with van der Waals surface area (Å²) in [7, 11) is 0. The summed E-state index contributed by atoms with van der Waals surface area (Å²) in [6.45, 7) is 5.19. The summed E-state index contributed by atoms with van der Waals surface area (Å²) in [5, 5.41) is 0.577. The number of benzene rings is 1. The molecule has 0 aliphatic carbocycles. The van der Waals surface area contributed by atoms with E-state index in [1.165, 1.54) is 18.7 Å². The van der Waals surface area contributed by atoms with E-state index < -0.39 is 10.3 Å². The summed E-state index contributed by atoms with van der Waals surface area (Å²) in [6, 6.07) is 7.20. The summed E-state index contributed by atoms with van der Waals surface area (Å²) in [5.74, 6) is 0.119. The van der Waals surface area contributed by atoms with Gasteiger partial charge in [0, 0.05) is 6.92 Å². The highest BCUT2D eigenvalue weighted by molar-refractivity contribution is 8.00. The van der Waals surface area contributed by atoms with Crippen LogP contribution in [-0.2, 0) is 14.4 Å². The van der Waals surface area contributed by atoms with Crippen LogP contribution in [0.15, 0.2) is 29.1 Å². The van der Waals surface area contributed by atoms with Crippen molar-refractivity contribution in [1.82, 2.24) is 9.55 Å². The van der Waals surface area contributed by atoms with Crippen molar-refractivity contribution in [2.24, 2.45) is 0 Å². The van der Waals surface area contributed by atoms with Crippen LogP contribution >= 0.6 is 11.8 Å². The monoisotopic (exact) mass is 290 g/mol. The van der Waals surface area contributed by atoms with E-state index in [4.69, 9.17) is 4.74 Å². The molecule has 0 bridgehead atoms. The van der Waals surface area contributed by atoms with Crippen molar-refractivity contribution in [2.45, 2.75) is 31.1 Å². The van der Waals surface area contributed by atoms with Gasteiger partial charge in [-0.3, -0.25) is 14.2 Å². The molecule has 0 saturated carbocycles. The van der Waals surface area contributed by atoms with Crippen LogP contribution in [0.3, 0.4) is 0 Å². The normalized spacial score (nSPS) is 19.9. The summed E-state index contributed by atoms with van der Waals surface area (Å²) in [4.78, 5) is 27.9. The fraction of sp³-hybridized carbons (Fsp3) is 0.357. The fourth-order valence-corrected chi connectivity index (χ4v) is 3.68. The first-order valence-corrected chi connectivity index (χ1v) is 7.15. The van der Waals surface area contributed by atoms with Gasteiger partial charge in [0.25, 0.3) is 5.56 Å². The molecule has 1 aliphatic heterocycles. The van der Waals surface area contributed by atoms with E-state index in [2.05, 4.69) is 4.98 Å². The van der Waals surface area contributed by atoms with Crippen LogP contribution in [0.5, 0.6) is 0 Å². The Hall–Kier alpha value is -1.82. The molecule has 1 aromatic heterocycles. The molecule has 0 N–H and O–H groups in total. The van der Waals surface area contributed by atoms with Gasteiger partial charge in [-0.2, -0.15) is 0 Å². The minimum Gasteiger partial charge on any atom is -0.443 e. The van der Waals surface area contributed by atoms with Crippen LogP contribution in [0.4, 0.5) is 0 Å². The molecule has 5 nitrogen and oxygen atoms in total. The van der Waals surface area contributed by atoms with E-state index >= 15 is 0 Å². The molecule has 0 spiro atoms. The van der Waals surface area contributed by atoms with Gasteiger partial charge in [-0.05, 0) is 26.0 Å². The van der Waals surface area contributed by atoms with Crippen molar-refractivity contribution < 1.29 is 9.53 Å². The van der Waals surface area contributed by atoms with Gasteiger partial charge in [-0.1, -0.05) is 23.9 Å². The van der Waals surface area contributed by atoms with Crippen molar-refractivity contribution in [2.75, 3.05) is 0 Å². The standard InChI is InChI=1S/C14H14N2O3S/c1-8(17)19-13-11-15-10-7-5-4-6-9(10)12(18)16(11)14(2,3)20-13/h4-7,13H,1-3H3/t13-/m1/s1.